The van der Waals surface area contributed by atoms with E-state index in [1.807, 2.05) is 37.5 Å². The van der Waals surface area contributed by atoms with Gasteiger partial charge in [0.15, 0.2) is 0 Å². The first-order valence-corrected chi connectivity index (χ1v) is 8.32. The molecule has 0 aromatic heterocycles. The zero-order chi connectivity index (χ0) is 16.5. The summed E-state index contributed by atoms with van der Waals surface area (Å²) in [5, 5.41) is 9.54. The fourth-order valence-electron chi connectivity index (χ4n) is 2.68. The average Bonchev–Trinajstić information content (AvgIpc) is 3.09. The van der Waals surface area contributed by atoms with Crippen LogP contribution in [-0.4, -0.2) is 32.9 Å². The van der Waals surface area contributed by atoms with Crippen molar-refractivity contribution in [3.8, 4) is 0 Å². The summed E-state index contributed by atoms with van der Waals surface area (Å²) < 4.78 is 0. The number of hydrazone groups is 1. The maximum atomic E-state index is 4.64. The molecule has 1 N–H and O–H groups in total. The van der Waals surface area contributed by atoms with E-state index >= 15 is 0 Å². The van der Waals surface area contributed by atoms with E-state index in [9.17, 15) is 0 Å². The van der Waals surface area contributed by atoms with E-state index in [2.05, 4.69) is 52.6 Å². The van der Waals surface area contributed by atoms with Gasteiger partial charge in [0.05, 0.1) is 5.69 Å². The fourth-order valence-corrected chi connectivity index (χ4v) is 2.68. The molecule has 0 aliphatic carbocycles. The summed E-state index contributed by atoms with van der Waals surface area (Å²) in [5.74, 6) is 0. The first-order chi connectivity index (χ1) is 11.2. The Hall–Kier alpha value is -2.23. The first kappa shape index (κ1) is 17.1. The van der Waals surface area contributed by atoms with Crippen molar-refractivity contribution in [2.24, 2.45) is 5.10 Å². The molecular weight excluding hydrogens is 284 g/mol. The van der Waals surface area contributed by atoms with Crippen LogP contribution in [0.25, 0.3) is 0 Å². The van der Waals surface area contributed by atoms with E-state index in [0.717, 1.165) is 17.8 Å². The largest absolute Gasteiger partial charge is 0.394 e. The van der Waals surface area contributed by atoms with Crippen molar-refractivity contribution in [3.63, 3.8) is 0 Å². The Morgan fingerprint density at radius 1 is 1.22 bits per heavy atom. The number of hydrogen-bond acceptors (Lipinski definition) is 4. The topological polar surface area (TPSA) is 30.9 Å². The van der Waals surface area contributed by atoms with Crippen molar-refractivity contribution in [2.45, 2.75) is 26.2 Å². The zero-order valence-electron chi connectivity index (χ0n) is 14.5. The van der Waals surface area contributed by atoms with Crippen molar-refractivity contribution in [1.29, 1.82) is 0 Å². The summed E-state index contributed by atoms with van der Waals surface area (Å²) in [6, 6.07) is 8.70. The minimum absolute atomic E-state index is 0.851. The lowest BCUT2D eigenvalue weighted by Crippen LogP contribution is -2.17. The molecule has 0 unspecified atom stereocenters. The second-order valence-electron chi connectivity index (χ2n) is 5.85. The Morgan fingerprint density at radius 3 is 2.57 bits per heavy atom. The van der Waals surface area contributed by atoms with Crippen LogP contribution in [0.4, 0.5) is 11.4 Å². The predicted octanol–water partition coefficient (Wildman–Crippen LogP) is 3.78. The molecule has 1 aromatic carbocycles. The predicted molar refractivity (Wildman–Crippen MR) is 101 cm³/mol. The lowest BCUT2D eigenvalue weighted by Gasteiger charge is -2.19. The highest BCUT2D eigenvalue weighted by molar-refractivity contribution is 5.84. The second kappa shape index (κ2) is 9.03. The van der Waals surface area contributed by atoms with E-state index in [-0.39, 0.29) is 0 Å². The monoisotopic (exact) mass is 312 g/mol. The molecule has 1 fully saturated rings. The number of rotatable bonds is 7. The maximum Gasteiger partial charge on any atom is 0.0592 e. The lowest BCUT2D eigenvalue weighted by atomic mass is 10.2. The Balaban J connectivity index is 1.91. The van der Waals surface area contributed by atoms with Gasteiger partial charge in [-0.2, -0.15) is 5.10 Å². The van der Waals surface area contributed by atoms with Gasteiger partial charge in [-0.25, -0.2) is 0 Å². The molecule has 1 heterocycles. The third kappa shape index (κ3) is 5.47. The number of benzene rings is 1. The maximum absolute atomic E-state index is 4.64. The van der Waals surface area contributed by atoms with Crippen molar-refractivity contribution >= 4 is 17.1 Å². The summed E-state index contributed by atoms with van der Waals surface area (Å²) >= 11 is 0. The highest BCUT2D eigenvalue weighted by Crippen LogP contribution is 2.23. The van der Waals surface area contributed by atoms with E-state index in [0.29, 0.717) is 0 Å². The lowest BCUT2D eigenvalue weighted by molar-refractivity contribution is 0.949. The molecule has 0 saturated carbocycles. The zero-order valence-corrected chi connectivity index (χ0v) is 14.5. The number of nitrogens with zero attached hydrogens (tertiary/aromatic N) is 3. The number of hydrogen-bond donors (Lipinski definition) is 1. The quantitative estimate of drug-likeness (QED) is 0.472. The minimum Gasteiger partial charge on any atom is -0.394 e. The molecule has 124 valence electrons. The molecule has 0 amide bonds. The highest BCUT2D eigenvalue weighted by atomic mass is 15.4. The van der Waals surface area contributed by atoms with E-state index in [4.69, 9.17) is 0 Å². The van der Waals surface area contributed by atoms with Crippen LogP contribution in [0.15, 0.2) is 53.8 Å². The van der Waals surface area contributed by atoms with Crippen molar-refractivity contribution in [2.75, 3.05) is 37.1 Å². The van der Waals surface area contributed by atoms with Gasteiger partial charge in [-0.15, -0.1) is 0 Å². The summed E-state index contributed by atoms with van der Waals surface area (Å²) in [6.45, 7) is 4.42. The van der Waals surface area contributed by atoms with Crippen LogP contribution < -0.4 is 15.2 Å². The molecule has 0 bridgehead atoms. The van der Waals surface area contributed by atoms with Crippen LogP contribution in [0, 0.1) is 0 Å². The Bertz CT molecular complexity index is 551. The molecule has 0 spiro atoms. The molecule has 0 radical (unpaired) electrons. The molecule has 4 nitrogen and oxygen atoms in total. The smallest absolute Gasteiger partial charge is 0.0592 e. The molecule has 1 aliphatic rings. The molecule has 1 aliphatic heterocycles. The van der Waals surface area contributed by atoms with Gasteiger partial charge in [0.2, 0.25) is 0 Å². The average molecular weight is 312 g/mol. The van der Waals surface area contributed by atoms with E-state index in [1.165, 1.54) is 31.6 Å². The van der Waals surface area contributed by atoms with Crippen LogP contribution in [0.1, 0.15) is 26.2 Å². The molecule has 1 aromatic rings. The van der Waals surface area contributed by atoms with Gasteiger partial charge in [-0.1, -0.05) is 12.2 Å². The van der Waals surface area contributed by atoms with Crippen LogP contribution in [0.3, 0.4) is 0 Å². The molecule has 23 heavy (non-hydrogen) atoms. The van der Waals surface area contributed by atoms with Crippen molar-refractivity contribution in [3.05, 3.63) is 48.7 Å². The van der Waals surface area contributed by atoms with Crippen molar-refractivity contribution in [1.82, 2.24) is 5.32 Å². The highest BCUT2D eigenvalue weighted by Gasteiger charge is 2.12. The third-order valence-electron chi connectivity index (χ3n) is 3.94. The van der Waals surface area contributed by atoms with Gasteiger partial charge in [0.1, 0.15) is 0 Å². The SMILES string of the molecule is CN/C=C\C=C/C/C(C)=N/N(C)c1ccc(N2CCCC2)cc1. The first-order valence-electron chi connectivity index (χ1n) is 8.32. The number of nitrogens with one attached hydrogen (secondary N) is 1. The van der Waals surface area contributed by atoms with Crippen molar-refractivity contribution < 1.29 is 0 Å². The normalized spacial score (nSPS) is 15.8. The second-order valence-corrected chi connectivity index (χ2v) is 5.85. The summed E-state index contributed by atoms with van der Waals surface area (Å²) in [5.41, 5.74) is 3.52. The van der Waals surface area contributed by atoms with Crippen LogP contribution in [-0.2, 0) is 0 Å². The Kier molecular flexibility index (Phi) is 6.73. The van der Waals surface area contributed by atoms with Gasteiger partial charge in [-0.3, -0.25) is 5.01 Å². The molecule has 4 heteroatoms. The summed E-state index contributed by atoms with van der Waals surface area (Å²) in [4.78, 5) is 2.45. The molecular formula is C19H28N4. The summed E-state index contributed by atoms with van der Waals surface area (Å²) in [7, 11) is 3.89. The van der Waals surface area contributed by atoms with E-state index < -0.39 is 0 Å². The van der Waals surface area contributed by atoms with E-state index in [1.54, 1.807) is 0 Å². The third-order valence-corrected chi connectivity index (χ3v) is 3.94. The Labute approximate surface area is 140 Å². The van der Waals surface area contributed by atoms with Gasteiger partial charge >= 0.3 is 0 Å². The van der Waals surface area contributed by atoms with Crippen LogP contribution in [0.5, 0.6) is 0 Å². The van der Waals surface area contributed by atoms with Gasteiger partial charge in [0, 0.05) is 45.0 Å². The van der Waals surface area contributed by atoms with Gasteiger partial charge in [-0.05, 0) is 56.3 Å². The standard InChI is InChI=1S/C19H28N4/c1-17(9-5-4-6-14-20-2)21-22(3)18-10-12-19(13-11-18)23-15-7-8-16-23/h4-6,10-14,20H,7-9,15-16H2,1-3H3/b5-4-,14-6-,21-17+. The minimum atomic E-state index is 0.851. The van der Waals surface area contributed by atoms with Crippen LogP contribution >= 0.6 is 0 Å². The molecule has 1 saturated heterocycles. The molecule has 2 rings (SSSR count). The fraction of sp³-hybridized carbons (Fsp3) is 0.421. The number of anilines is 2. The summed E-state index contributed by atoms with van der Waals surface area (Å²) in [6.07, 6.45) is 11.5. The number of allylic oxidation sites excluding steroid dienone is 3. The van der Waals surface area contributed by atoms with Gasteiger partial charge in [0.25, 0.3) is 0 Å². The van der Waals surface area contributed by atoms with Gasteiger partial charge < -0.3 is 10.2 Å². The van der Waals surface area contributed by atoms with Crippen LogP contribution in [0.2, 0.25) is 0 Å². The molecule has 0 atom stereocenters. The Morgan fingerprint density at radius 2 is 1.91 bits per heavy atom.